The van der Waals surface area contributed by atoms with Crippen LogP contribution in [0.2, 0.25) is 0 Å². The summed E-state index contributed by atoms with van der Waals surface area (Å²) >= 11 is 0. The lowest BCUT2D eigenvalue weighted by atomic mass is 10.1. The van der Waals surface area contributed by atoms with Crippen LogP contribution in [0, 0.1) is 0 Å². The van der Waals surface area contributed by atoms with Gasteiger partial charge in [0.1, 0.15) is 11.7 Å². The third-order valence-corrected chi connectivity index (χ3v) is 6.77. The Balaban J connectivity index is 1.39. The molecule has 2 N–H and O–H groups in total. The fourth-order valence-electron chi connectivity index (χ4n) is 4.83. The summed E-state index contributed by atoms with van der Waals surface area (Å²) in [5.41, 5.74) is 7.53. The summed E-state index contributed by atoms with van der Waals surface area (Å²) in [5, 5.41) is 0.711. The van der Waals surface area contributed by atoms with Crippen molar-refractivity contribution in [2.45, 2.75) is 37.6 Å². The monoisotopic (exact) mass is 481 g/mol. The number of likely N-dealkylation sites (tertiary alicyclic amines) is 2. The molecule has 0 saturated carbocycles. The van der Waals surface area contributed by atoms with Crippen molar-refractivity contribution < 1.29 is 23.2 Å². The summed E-state index contributed by atoms with van der Waals surface area (Å²) in [7, 11) is 0. The molecule has 3 aromatic rings. The summed E-state index contributed by atoms with van der Waals surface area (Å²) in [6.07, 6.45) is 3.86. The summed E-state index contributed by atoms with van der Waals surface area (Å²) in [5.74, 6) is -3.79. The lowest BCUT2D eigenvalue weighted by molar-refractivity contribution is -0.121. The number of carbonyl (C=O) groups is 3. The average Bonchev–Trinajstić information content (AvgIpc) is 3.50. The number of hydrogen-bond donors (Lipinski definition) is 1. The first-order valence-electron chi connectivity index (χ1n) is 11.6. The van der Waals surface area contributed by atoms with Gasteiger partial charge in [-0.1, -0.05) is 6.07 Å². The summed E-state index contributed by atoms with van der Waals surface area (Å²) < 4.78 is 28.7. The number of nitrogens with two attached hydrogens (primary N) is 1. The molecule has 0 unspecified atom stereocenters. The van der Waals surface area contributed by atoms with Gasteiger partial charge >= 0.3 is 0 Å². The predicted octanol–water partition coefficient (Wildman–Crippen LogP) is 2.99. The van der Waals surface area contributed by atoms with Crippen LogP contribution in [0.5, 0.6) is 0 Å². The lowest BCUT2D eigenvalue weighted by Gasteiger charge is -2.31. The van der Waals surface area contributed by atoms with Gasteiger partial charge in [0.05, 0.1) is 5.56 Å². The molecule has 10 heteroatoms. The van der Waals surface area contributed by atoms with Gasteiger partial charge in [0.25, 0.3) is 17.7 Å². The van der Waals surface area contributed by atoms with Gasteiger partial charge in [0.2, 0.25) is 5.91 Å². The fraction of sp³-hybridized carbons (Fsp3) is 0.360. The molecule has 35 heavy (non-hydrogen) atoms. The van der Waals surface area contributed by atoms with E-state index in [1.807, 2.05) is 12.1 Å². The zero-order valence-corrected chi connectivity index (χ0v) is 19.0. The van der Waals surface area contributed by atoms with Crippen molar-refractivity contribution in [2.24, 2.45) is 5.73 Å². The van der Waals surface area contributed by atoms with Crippen molar-refractivity contribution in [3.63, 3.8) is 0 Å². The fourth-order valence-corrected chi connectivity index (χ4v) is 4.83. The van der Waals surface area contributed by atoms with Gasteiger partial charge in [0.15, 0.2) is 0 Å². The Bertz CT molecular complexity index is 1310. The van der Waals surface area contributed by atoms with Crippen LogP contribution in [-0.4, -0.2) is 68.7 Å². The Kier molecular flexibility index (Phi) is 5.74. The van der Waals surface area contributed by atoms with Crippen LogP contribution < -0.4 is 5.73 Å². The molecule has 0 aliphatic carbocycles. The minimum absolute atomic E-state index is 0.0132. The van der Waals surface area contributed by atoms with Crippen molar-refractivity contribution in [3.8, 4) is 5.69 Å². The summed E-state index contributed by atoms with van der Waals surface area (Å²) in [6.45, 7) is 0.509. The number of halogens is 2. The van der Waals surface area contributed by atoms with Crippen LogP contribution in [-0.2, 0) is 4.79 Å². The Morgan fingerprint density at radius 3 is 2.51 bits per heavy atom. The number of nitrogens with zero attached hydrogens (tertiary/aromatic N) is 4. The number of fused-ring (bicyclic) bond motifs is 1. The molecule has 0 radical (unpaired) electrons. The third-order valence-electron chi connectivity index (χ3n) is 6.77. The van der Waals surface area contributed by atoms with E-state index in [-0.39, 0.29) is 37.7 Å². The maximum absolute atomic E-state index is 13.4. The van der Waals surface area contributed by atoms with Crippen molar-refractivity contribution in [2.75, 3.05) is 19.6 Å². The van der Waals surface area contributed by atoms with Gasteiger partial charge in [-0.3, -0.25) is 14.4 Å². The molecule has 1 aromatic carbocycles. The molecule has 0 spiro atoms. The second-order valence-corrected chi connectivity index (χ2v) is 9.08. The van der Waals surface area contributed by atoms with E-state index >= 15 is 0 Å². The topological polar surface area (TPSA) is 102 Å². The second-order valence-electron chi connectivity index (χ2n) is 9.08. The molecule has 0 bridgehead atoms. The molecule has 2 aliphatic rings. The largest absolute Gasteiger partial charge is 0.368 e. The van der Waals surface area contributed by atoms with E-state index < -0.39 is 17.9 Å². The quantitative estimate of drug-likeness (QED) is 0.619. The number of amides is 3. The van der Waals surface area contributed by atoms with Crippen molar-refractivity contribution in [1.29, 1.82) is 0 Å². The van der Waals surface area contributed by atoms with Crippen LogP contribution in [0.3, 0.4) is 0 Å². The standard InChI is InChI=1S/C25H25F2N5O3/c26-25(27)7-11-30(12-8-25)23(34)18-13-16-6-10-31(22(16)29-15-18)19-4-1-3-17(14-19)24(35)32-9-2-5-20(32)21(28)33/h1,3-4,6,10,13-15,20H,2,5,7-9,11-12H2,(H2,28,33)/t20-/m0/s1. The number of primary amides is 1. The van der Waals surface area contributed by atoms with Gasteiger partial charge in [-0.25, -0.2) is 13.8 Å². The van der Waals surface area contributed by atoms with Crippen LogP contribution in [0.1, 0.15) is 46.4 Å². The molecular weight excluding hydrogens is 456 g/mol. The normalized spacial score (nSPS) is 19.8. The van der Waals surface area contributed by atoms with Crippen molar-refractivity contribution in [1.82, 2.24) is 19.4 Å². The van der Waals surface area contributed by atoms with Gasteiger partial charge < -0.3 is 20.1 Å². The zero-order valence-electron chi connectivity index (χ0n) is 19.0. The maximum atomic E-state index is 13.4. The van der Waals surface area contributed by atoms with E-state index in [2.05, 4.69) is 4.98 Å². The highest BCUT2D eigenvalue weighted by Crippen LogP contribution is 2.29. The number of rotatable bonds is 4. The third kappa shape index (κ3) is 4.36. The molecule has 4 heterocycles. The second kappa shape index (κ2) is 8.75. The molecule has 5 rings (SSSR count). The number of benzene rings is 1. The van der Waals surface area contributed by atoms with E-state index in [9.17, 15) is 23.2 Å². The van der Waals surface area contributed by atoms with Crippen molar-refractivity contribution in [3.05, 3.63) is 59.9 Å². The van der Waals surface area contributed by atoms with Gasteiger partial charge in [0, 0.05) is 61.5 Å². The molecule has 2 aliphatic heterocycles. The number of alkyl halides is 2. The summed E-state index contributed by atoms with van der Waals surface area (Å²) in [6, 6.07) is 9.93. The Hall–Kier alpha value is -3.82. The van der Waals surface area contributed by atoms with Crippen LogP contribution >= 0.6 is 0 Å². The molecule has 1 atom stereocenters. The van der Waals surface area contributed by atoms with E-state index in [1.165, 1.54) is 16.0 Å². The van der Waals surface area contributed by atoms with Crippen LogP contribution in [0.4, 0.5) is 8.78 Å². The maximum Gasteiger partial charge on any atom is 0.255 e. The molecule has 8 nitrogen and oxygen atoms in total. The predicted molar refractivity (Wildman–Crippen MR) is 124 cm³/mol. The molecular formula is C25H25F2N5O3. The minimum Gasteiger partial charge on any atom is -0.368 e. The Labute approximate surface area is 200 Å². The highest BCUT2D eigenvalue weighted by molar-refractivity contribution is 5.99. The summed E-state index contributed by atoms with van der Waals surface area (Å²) in [4.78, 5) is 45.0. The molecule has 2 saturated heterocycles. The minimum atomic E-state index is -2.72. The van der Waals surface area contributed by atoms with E-state index in [4.69, 9.17) is 5.73 Å². The smallest absolute Gasteiger partial charge is 0.255 e. The number of pyridine rings is 1. The molecule has 2 fully saturated rings. The first-order chi connectivity index (χ1) is 16.7. The highest BCUT2D eigenvalue weighted by Gasteiger charge is 2.36. The Morgan fingerprint density at radius 1 is 1.00 bits per heavy atom. The zero-order chi connectivity index (χ0) is 24.7. The van der Waals surface area contributed by atoms with Gasteiger partial charge in [-0.2, -0.15) is 0 Å². The van der Waals surface area contributed by atoms with E-state index in [1.54, 1.807) is 35.0 Å². The van der Waals surface area contributed by atoms with E-state index in [0.717, 1.165) is 6.42 Å². The number of aromatic nitrogens is 2. The molecule has 182 valence electrons. The van der Waals surface area contributed by atoms with Crippen LogP contribution in [0.25, 0.3) is 16.7 Å². The number of piperidine rings is 1. The SMILES string of the molecule is NC(=O)[C@@H]1CCCN1C(=O)c1cccc(-n2ccc3cc(C(=O)N4CCC(F)(F)CC4)cnc32)c1. The number of hydrogen-bond acceptors (Lipinski definition) is 4. The number of carbonyl (C=O) groups excluding carboxylic acids is 3. The van der Waals surface area contributed by atoms with Crippen LogP contribution in [0.15, 0.2) is 48.8 Å². The Morgan fingerprint density at radius 2 is 1.77 bits per heavy atom. The molecule has 2 aromatic heterocycles. The molecule has 3 amide bonds. The van der Waals surface area contributed by atoms with Crippen molar-refractivity contribution >= 4 is 28.8 Å². The average molecular weight is 482 g/mol. The lowest BCUT2D eigenvalue weighted by Crippen LogP contribution is -2.43. The van der Waals surface area contributed by atoms with E-state index in [0.29, 0.717) is 40.8 Å². The highest BCUT2D eigenvalue weighted by atomic mass is 19.3. The first-order valence-corrected chi connectivity index (χ1v) is 11.6. The first kappa shape index (κ1) is 22.9. The van der Waals surface area contributed by atoms with Gasteiger partial charge in [-0.05, 0) is 43.2 Å². The van der Waals surface area contributed by atoms with Gasteiger partial charge in [-0.15, -0.1) is 0 Å².